The summed E-state index contributed by atoms with van der Waals surface area (Å²) in [4.78, 5) is 12.8. The Balaban J connectivity index is 1.54. The highest BCUT2D eigenvalue weighted by Crippen LogP contribution is 2.25. The molecule has 4 rings (SSSR count). The first-order chi connectivity index (χ1) is 13.0. The lowest BCUT2D eigenvalue weighted by atomic mass is 9.93. The van der Waals surface area contributed by atoms with Gasteiger partial charge in [-0.25, -0.2) is 0 Å². The molecule has 1 aliphatic heterocycles. The van der Waals surface area contributed by atoms with Gasteiger partial charge in [-0.15, -0.1) is 0 Å². The molecular weight excluding hydrogens is 336 g/mol. The first-order valence-electron chi connectivity index (χ1n) is 9.58. The molecule has 0 unspecified atom stereocenters. The summed E-state index contributed by atoms with van der Waals surface area (Å²) in [6, 6.07) is 18.6. The normalized spacial score (nSPS) is 19.1. The topological polar surface area (TPSA) is 43.3 Å². The number of nitrogens with one attached hydrogen (secondary N) is 1. The number of carbonyl (C=O) groups is 1. The van der Waals surface area contributed by atoms with Gasteiger partial charge in [-0.1, -0.05) is 36.4 Å². The van der Waals surface area contributed by atoms with Crippen molar-refractivity contribution in [2.45, 2.75) is 44.9 Å². The van der Waals surface area contributed by atoms with E-state index < -0.39 is 0 Å². The number of hydrogen-bond donors (Lipinski definition) is 1. The number of benzene rings is 2. The van der Waals surface area contributed by atoms with Gasteiger partial charge in [-0.05, 0) is 55.8 Å². The van der Waals surface area contributed by atoms with Crippen molar-refractivity contribution in [1.82, 2.24) is 9.88 Å². The Bertz CT molecular complexity index is 943. The van der Waals surface area contributed by atoms with Gasteiger partial charge < -0.3 is 14.6 Å². The Hall–Kier alpha value is -2.59. The zero-order chi connectivity index (χ0) is 18.9. The zero-order valence-corrected chi connectivity index (χ0v) is 15.9. The molecule has 1 saturated heterocycles. The van der Waals surface area contributed by atoms with Gasteiger partial charge in [-0.2, -0.15) is 0 Å². The maximum absolute atomic E-state index is 12.8. The fraction of sp³-hybridized carbons (Fsp3) is 0.348. The number of nitrogens with zero attached hydrogens (tertiary/aromatic N) is 1. The summed E-state index contributed by atoms with van der Waals surface area (Å²) < 4.78 is 7.94. The van der Waals surface area contributed by atoms with E-state index in [1.165, 1.54) is 5.56 Å². The van der Waals surface area contributed by atoms with E-state index in [-0.39, 0.29) is 17.6 Å². The Labute approximate surface area is 160 Å². The summed E-state index contributed by atoms with van der Waals surface area (Å²) in [6.45, 7) is 5.64. The lowest BCUT2D eigenvalue weighted by molar-refractivity contribution is -0.0615. The van der Waals surface area contributed by atoms with E-state index in [0.717, 1.165) is 30.3 Å². The summed E-state index contributed by atoms with van der Waals surface area (Å²) in [5, 5.41) is 4.34. The Morgan fingerprint density at radius 2 is 2.00 bits per heavy atom. The highest BCUT2D eigenvalue weighted by atomic mass is 16.5. The average Bonchev–Trinajstić information content (AvgIpc) is 3.04. The number of carbonyl (C=O) groups excluding carboxylic acids is 1. The molecule has 1 aromatic heterocycles. The van der Waals surface area contributed by atoms with Gasteiger partial charge in [0.25, 0.3) is 5.91 Å². The van der Waals surface area contributed by atoms with Gasteiger partial charge in [0.2, 0.25) is 0 Å². The molecule has 0 radical (unpaired) electrons. The van der Waals surface area contributed by atoms with Crippen molar-refractivity contribution < 1.29 is 9.53 Å². The van der Waals surface area contributed by atoms with E-state index in [4.69, 9.17) is 4.74 Å². The maximum atomic E-state index is 12.8. The summed E-state index contributed by atoms with van der Waals surface area (Å²) in [7, 11) is 0. The minimum atomic E-state index is -0.176. The van der Waals surface area contributed by atoms with Crippen LogP contribution in [0.5, 0.6) is 0 Å². The van der Waals surface area contributed by atoms with Crippen LogP contribution in [0.3, 0.4) is 0 Å². The molecule has 1 aliphatic rings. The molecule has 1 N–H and O–H groups in total. The molecule has 4 nitrogen and oxygen atoms in total. The van der Waals surface area contributed by atoms with E-state index in [0.29, 0.717) is 12.2 Å². The van der Waals surface area contributed by atoms with Crippen LogP contribution in [0.1, 0.15) is 42.6 Å². The molecular formula is C23H26N2O2. The molecule has 0 saturated carbocycles. The molecule has 2 aromatic carbocycles. The minimum Gasteiger partial charge on any atom is -0.375 e. The predicted octanol–water partition coefficient (Wildman–Crippen LogP) is 4.38. The van der Waals surface area contributed by atoms with Gasteiger partial charge in [0, 0.05) is 36.5 Å². The molecule has 3 aromatic rings. The predicted molar refractivity (Wildman–Crippen MR) is 108 cm³/mol. The molecule has 0 bridgehead atoms. The zero-order valence-electron chi connectivity index (χ0n) is 15.9. The van der Waals surface area contributed by atoms with Crippen molar-refractivity contribution >= 4 is 16.8 Å². The quantitative estimate of drug-likeness (QED) is 0.749. The third kappa shape index (κ3) is 4.06. The van der Waals surface area contributed by atoms with Gasteiger partial charge in [0.05, 0.1) is 5.60 Å². The summed E-state index contributed by atoms with van der Waals surface area (Å²) in [5.41, 5.74) is 2.86. The van der Waals surface area contributed by atoms with Gasteiger partial charge in [-0.3, -0.25) is 4.79 Å². The third-order valence-corrected chi connectivity index (χ3v) is 5.26. The second kappa shape index (κ2) is 7.20. The van der Waals surface area contributed by atoms with E-state index in [1.54, 1.807) is 0 Å². The highest BCUT2D eigenvalue weighted by molar-refractivity contribution is 5.98. The molecule has 0 aliphatic carbocycles. The van der Waals surface area contributed by atoms with Crippen molar-refractivity contribution in [2.24, 2.45) is 0 Å². The maximum Gasteiger partial charge on any atom is 0.251 e. The Morgan fingerprint density at radius 3 is 2.78 bits per heavy atom. The number of amides is 1. The molecule has 1 amide bonds. The number of rotatable bonds is 4. The van der Waals surface area contributed by atoms with Gasteiger partial charge in [0.1, 0.15) is 0 Å². The monoisotopic (exact) mass is 362 g/mol. The van der Waals surface area contributed by atoms with Crippen LogP contribution in [0.25, 0.3) is 10.9 Å². The van der Waals surface area contributed by atoms with Crippen LogP contribution in [-0.2, 0) is 11.3 Å². The summed E-state index contributed by atoms with van der Waals surface area (Å²) in [6.07, 6.45) is 3.79. The molecule has 140 valence electrons. The first-order valence-corrected chi connectivity index (χ1v) is 9.58. The van der Waals surface area contributed by atoms with Crippen LogP contribution in [0.4, 0.5) is 0 Å². The largest absolute Gasteiger partial charge is 0.375 e. The van der Waals surface area contributed by atoms with Crippen molar-refractivity contribution in [2.75, 3.05) is 6.61 Å². The second-order valence-electron chi connectivity index (χ2n) is 7.97. The van der Waals surface area contributed by atoms with Crippen molar-refractivity contribution in [3.05, 3.63) is 71.9 Å². The Kier molecular flexibility index (Phi) is 4.75. The lowest BCUT2D eigenvalue weighted by Gasteiger charge is -2.35. The van der Waals surface area contributed by atoms with Crippen LogP contribution in [0.15, 0.2) is 60.8 Å². The number of hydrogen-bond acceptors (Lipinski definition) is 2. The van der Waals surface area contributed by atoms with E-state index >= 15 is 0 Å². The Morgan fingerprint density at radius 1 is 1.19 bits per heavy atom. The molecule has 4 heteroatoms. The van der Waals surface area contributed by atoms with Gasteiger partial charge >= 0.3 is 0 Å². The van der Waals surface area contributed by atoms with E-state index in [2.05, 4.69) is 60.3 Å². The van der Waals surface area contributed by atoms with Crippen LogP contribution in [-0.4, -0.2) is 28.7 Å². The molecule has 2 heterocycles. The summed E-state index contributed by atoms with van der Waals surface area (Å²) >= 11 is 0. The fourth-order valence-corrected chi connectivity index (χ4v) is 3.87. The number of ether oxygens (including phenoxy) is 1. The minimum absolute atomic E-state index is 0.00735. The fourth-order valence-electron chi connectivity index (χ4n) is 3.87. The van der Waals surface area contributed by atoms with Crippen molar-refractivity contribution in [1.29, 1.82) is 0 Å². The van der Waals surface area contributed by atoms with Gasteiger partial charge in [0.15, 0.2) is 0 Å². The molecule has 1 fully saturated rings. The van der Waals surface area contributed by atoms with Crippen LogP contribution >= 0.6 is 0 Å². The summed E-state index contributed by atoms with van der Waals surface area (Å²) in [5.74, 6) is -0.00735. The number of fused-ring (bicyclic) bond motifs is 1. The van der Waals surface area contributed by atoms with E-state index in [9.17, 15) is 4.79 Å². The van der Waals surface area contributed by atoms with Crippen molar-refractivity contribution in [3.8, 4) is 0 Å². The average molecular weight is 362 g/mol. The standard InChI is InChI=1S/C23H26N2O2/c1-23(2)15-20(11-13-27-23)24-22(26)19-9-8-18-10-12-25(21(18)14-19)16-17-6-4-3-5-7-17/h3-10,12,14,20H,11,13,15-16H2,1-2H3,(H,24,26)/t20-/m1/s1. The second-order valence-corrected chi connectivity index (χ2v) is 7.97. The van der Waals surface area contributed by atoms with Crippen LogP contribution in [0, 0.1) is 0 Å². The molecule has 1 atom stereocenters. The lowest BCUT2D eigenvalue weighted by Crippen LogP contribution is -2.45. The van der Waals surface area contributed by atoms with Crippen LogP contribution < -0.4 is 5.32 Å². The van der Waals surface area contributed by atoms with Crippen LogP contribution in [0.2, 0.25) is 0 Å². The highest BCUT2D eigenvalue weighted by Gasteiger charge is 2.29. The smallest absolute Gasteiger partial charge is 0.251 e. The molecule has 27 heavy (non-hydrogen) atoms. The third-order valence-electron chi connectivity index (χ3n) is 5.26. The number of aromatic nitrogens is 1. The van der Waals surface area contributed by atoms with E-state index in [1.807, 2.05) is 24.3 Å². The molecule has 0 spiro atoms. The SMILES string of the molecule is CC1(C)C[C@H](NC(=O)c2ccc3ccn(Cc4ccccc4)c3c2)CCO1. The first kappa shape index (κ1) is 17.8. The van der Waals surface area contributed by atoms with Crippen molar-refractivity contribution in [3.63, 3.8) is 0 Å².